The van der Waals surface area contributed by atoms with Crippen molar-refractivity contribution >= 4 is 23.5 Å². The fourth-order valence-corrected chi connectivity index (χ4v) is 3.95. The number of rotatable bonds is 1. The van der Waals surface area contributed by atoms with Gasteiger partial charge in [-0.15, -0.1) is 0 Å². The third-order valence-electron chi connectivity index (χ3n) is 4.84. The van der Waals surface area contributed by atoms with Crippen molar-refractivity contribution in [2.24, 2.45) is 0 Å². The first-order chi connectivity index (χ1) is 12.0. The molecule has 0 bridgehead atoms. The molecule has 2 aliphatic heterocycles. The molecule has 4 nitrogen and oxygen atoms in total. The molecule has 0 aromatic heterocycles. The summed E-state index contributed by atoms with van der Waals surface area (Å²) < 4.78 is 19.8. The molecule has 2 aromatic carbocycles. The molecule has 2 heterocycles. The SMILES string of the molecule is O=C1OC2(CCCN(C(=O)c3c(F)cccc3Cl)C2)c2ccccc21. The smallest absolute Gasteiger partial charge is 0.339 e. The van der Waals surface area contributed by atoms with Gasteiger partial charge in [-0.25, -0.2) is 9.18 Å². The van der Waals surface area contributed by atoms with Crippen molar-refractivity contribution in [3.63, 3.8) is 0 Å². The first kappa shape index (κ1) is 16.1. The van der Waals surface area contributed by atoms with E-state index in [1.807, 2.05) is 12.1 Å². The van der Waals surface area contributed by atoms with Crippen LogP contribution in [0.2, 0.25) is 5.02 Å². The summed E-state index contributed by atoms with van der Waals surface area (Å²) in [6.45, 7) is 0.657. The van der Waals surface area contributed by atoms with Gasteiger partial charge in [0.25, 0.3) is 5.91 Å². The maximum atomic E-state index is 14.1. The molecular formula is C19H15ClFNO3. The Labute approximate surface area is 149 Å². The van der Waals surface area contributed by atoms with E-state index in [1.54, 1.807) is 12.1 Å². The van der Waals surface area contributed by atoms with Crippen LogP contribution in [0.5, 0.6) is 0 Å². The van der Waals surface area contributed by atoms with Crippen molar-refractivity contribution in [2.45, 2.75) is 18.4 Å². The van der Waals surface area contributed by atoms with E-state index in [4.69, 9.17) is 16.3 Å². The van der Waals surface area contributed by atoms with E-state index in [1.165, 1.54) is 23.1 Å². The Morgan fingerprint density at radius 1 is 1.20 bits per heavy atom. The van der Waals surface area contributed by atoms with Gasteiger partial charge >= 0.3 is 5.97 Å². The van der Waals surface area contributed by atoms with Gasteiger partial charge in [-0.3, -0.25) is 4.79 Å². The molecule has 4 rings (SSSR count). The van der Waals surface area contributed by atoms with Crippen molar-refractivity contribution < 1.29 is 18.7 Å². The van der Waals surface area contributed by atoms with Gasteiger partial charge < -0.3 is 9.64 Å². The molecule has 1 unspecified atom stereocenters. The number of hydrogen-bond acceptors (Lipinski definition) is 3. The molecule has 6 heteroatoms. The minimum atomic E-state index is -0.862. The van der Waals surface area contributed by atoms with Crippen LogP contribution in [0.15, 0.2) is 42.5 Å². The summed E-state index contributed by atoms with van der Waals surface area (Å²) in [6.07, 6.45) is 1.28. The number of fused-ring (bicyclic) bond motifs is 2. The highest BCUT2D eigenvalue weighted by atomic mass is 35.5. The normalized spacial score (nSPS) is 22.0. The molecule has 128 valence electrons. The van der Waals surface area contributed by atoms with Crippen molar-refractivity contribution in [3.05, 3.63) is 70.0 Å². The number of piperidine rings is 1. The van der Waals surface area contributed by atoms with Crippen LogP contribution >= 0.6 is 11.6 Å². The fraction of sp³-hybridized carbons (Fsp3) is 0.263. The second kappa shape index (κ2) is 5.85. The summed E-state index contributed by atoms with van der Waals surface area (Å²) in [5.74, 6) is -1.52. The number of benzene rings is 2. The van der Waals surface area contributed by atoms with Gasteiger partial charge in [0.15, 0.2) is 5.60 Å². The fourth-order valence-electron chi connectivity index (χ4n) is 3.70. The summed E-state index contributed by atoms with van der Waals surface area (Å²) in [7, 11) is 0. The monoisotopic (exact) mass is 359 g/mol. The molecule has 0 saturated carbocycles. The number of ether oxygens (including phenoxy) is 1. The quantitative estimate of drug-likeness (QED) is 0.728. The Bertz CT molecular complexity index is 864. The lowest BCUT2D eigenvalue weighted by Crippen LogP contribution is -2.49. The maximum absolute atomic E-state index is 14.1. The Balaban J connectivity index is 1.69. The summed E-state index contributed by atoms with van der Waals surface area (Å²) >= 11 is 6.03. The lowest BCUT2D eigenvalue weighted by atomic mass is 9.85. The van der Waals surface area contributed by atoms with E-state index >= 15 is 0 Å². The molecule has 1 amide bonds. The zero-order valence-corrected chi connectivity index (χ0v) is 14.1. The summed E-state index contributed by atoms with van der Waals surface area (Å²) in [4.78, 5) is 26.5. The predicted octanol–water partition coefficient (Wildman–Crippen LogP) is 3.78. The number of halogens is 2. The third kappa shape index (κ3) is 2.50. The predicted molar refractivity (Wildman–Crippen MR) is 90.1 cm³/mol. The topological polar surface area (TPSA) is 46.6 Å². The van der Waals surface area contributed by atoms with Gasteiger partial charge in [0.2, 0.25) is 0 Å². The van der Waals surface area contributed by atoms with Crippen molar-refractivity contribution in [2.75, 3.05) is 13.1 Å². The lowest BCUT2D eigenvalue weighted by Gasteiger charge is -2.39. The van der Waals surface area contributed by atoms with Crippen LogP contribution < -0.4 is 0 Å². The van der Waals surface area contributed by atoms with Gasteiger partial charge in [0.05, 0.1) is 22.7 Å². The molecule has 2 aliphatic rings. The highest BCUT2D eigenvalue weighted by molar-refractivity contribution is 6.33. The van der Waals surface area contributed by atoms with E-state index in [9.17, 15) is 14.0 Å². The van der Waals surface area contributed by atoms with E-state index in [0.717, 1.165) is 5.56 Å². The number of nitrogens with zero attached hydrogens (tertiary/aromatic N) is 1. The van der Waals surface area contributed by atoms with Crippen LogP contribution in [0.1, 0.15) is 39.1 Å². The third-order valence-corrected chi connectivity index (χ3v) is 5.16. The highest BCUT2D eigenvalue weighted by Gasteiger charge is 2.49. The van der Waals surface area contributed by atoms with Crippen LogP contribution in [0.25, 0.3) is 0 Å². The van der Waals surface area contributed by atoms with Crippen LogP contribution in [-0.4, -0.2) is 29.9 Å². The average molecular weight is 360 g/mol. The van der Waals surface area contributed by atoms with Crippen LogP contribution in [0.4, 0.5) is 4.39 Å². The van der Waals surface area contributed by atoms with Gasteiger partial charge in [0.1, 0.15) is 5.82 Å². The van der Waals surface area contributed by atoms with Crippen molar-refractivity contribution in [1.29, 1.82) is 0 Å². The second-order valence-corrected chi connectivity index (χ2v) is 6.76. The summed E-state index contributed by atoms with van der Waals surface area (Å²) in [5, 5.41) is 0.0773. The molecule has 1 spiro atoms. The van der Waals surface area contributed by atoms with Gasteiger partial charge in [-0.2, -0.15) is 0 Å². The largest absolute Gasteiger partial charge is 0.449 e. The Hall–Kier alpha value is -2.40. The van der Waals surface area contributed by atoms with Crippen LogP contribution in [0, 0.1) is 5.82 Å². The number of likely N-dealkylation sites (tertiary alicyclic amines) is 1. The standard InChI is InChI=1S/C19H15ClFNO3/c20-14-7-3-8-15(21)16(14)17(23)22-10-4-9-19(11-22)13-6-2-1-5-12(13)18(24)25-19/h1-3,5-8H,4,9-11H2. The Morgan fingerprint density at radius 3 is 2.80 bits per heavy atom. The van der Waals surface area contributed by atoms with Gasteiger partial charge in [-0.05, 0) is 31.0 Å². The average Bonchev–Trinajstić information content (AvgIpc) is 2.87. The first-order valence-electron chi connectivity index (χ1n) is 8.08. The molecule has 25 heavy (non-hydrogen) atoms. The highest BCUT2D eigenvalue weighted by Crippen LogP contribution is 2.43. The Kier molecular flexibility index (Phi) is 3.76. The van der Waals surface area contributed by atoms with Gasteiger partial charge in [-0.1, -0.05) is 35.9 Å². The maximum Gasteiger partial charge on any atom is 0.339 e. The van der Waals surface area contributed by atoms with E-state index < -0.39 is 17.3 Å². The molecular weight excluding hydrogens is 345 g/mol. The van der Waals surface area contributed by atoms with Crippen molar-refractivity contribution in [1.82, 2.24) is 4.90 Å². The summed E-state index contributed by atoms with van der Waals surface area (Å²) in [6, 6.07) is 11.4. The van der Waals surface area contributed by atoms with E-state index in [2.05, 4.69) is 0 Å². The van der Waals surface area contributed by atoms with Crippen LogP contribution in [0.3, 0.4) is 0 Å². The van der Waals surface area contributed by atoms with E-state index in [-0.39, 0.29) is 23.1 Å². The summed E-state index contributed by atoms with van der Waals surface area (Å²) in [5.41, 5.74) is 0.316. The molecule has 0 N–H and O–H groups in total. The Morgan fingerprint density at radius 2 is 2.00 bits per heavy atom. The number of esters is 1. The number of carbonyl (C=O) groups excluding carboxylic acids is 2. The van der Waals surface area contributed by atoms with Crippen LogP contribution in [-0.2, 0) is 10.3 Å². The number of amides is 1. The first-order valence-corrected chi connectivity index (χ1v) is 8.46. The zero-order chi connectivity index (χ0) is 17.6. The minimum absolute atomic E-state index is 0.0773. The molecule has 0 aliphatic carbocycles. The van der Waals surface area contributed by atoms with Gasteiger partial charge in [0, 0.05) is 12.1 Å². The second-order valence-electron chi connectivity index (χ2n) is 6.36. The van der Waals surface area contributed by atoms with Crippen molar-refractivity contribution in [3.8, 4) is 0 Å². The number of hydrogen-bond donors (Lipinski definition) is 0. The van der Waals surface area contributed by atoms with E-state index in [0.29, 0.717) is 24.9 Å². The molecule has 0 radical (unpaired) electrons. The molecule has 2 aromatic rings. The lowest BCUT2D eigenvalue weighted by molar-refractivity contribution is -0.0443. The number of carbonyl (C=O) groups is 2. The molecule has 1 saturated heterocycles. The molecule has 1 fully saturated rings. The minimum Gasteiger partial charge on any atom is -0.449 e. The molecule has 1 atom stereocenters. The zero-order valence-electron chi connectivity index (χ0n) is 13.3.